The normalized spacial score (nSPS) is 11.0. The lowest BCUT2D eigenvalue weighted by Gasteiger charge is -2.04. The van der Waals surface area contributed by atoms with Crippen LogP contribution in [0.1, 0.15) is 11.4 Å². The molecule has 0 unspecified atom stereocenters. The minimum atomic E-state index is -0.390. The third-order valence-corrected chi connectivity index (χ3v) is 3.29. The predicted octanol–water partition coefficient (Wildman–Crippen LogP) is 3.33. The highest BCUT2D eigenvalue weighted by Gasteiger charge is 2.03. The Bertz CT molecular complexity index is 819. The van der Waals surface area contributed by atoms with Gasteiger partial charge >= 0.3 is 5.97 Å². The van der Waals surface area contributed by atoms with Crippen LogP contribution in [0.3, 0.4) is 0 Å². The SMILES string of the molecule is COC(=O)/C=C/c1cccc(OCc2nc3ccccc3[nH]2)c1. The average Bonchev–Trinajstić information content (AvgIpc) is 3.01. The summed E-state index contributed by atoms with van der Waals surface area (Å²) in [4.78, 5) is 18.8. The summed E-state index contributed by atoms with van der Waals surface area (Å²) < 4.78 is 10.3. The fourth-order valence-electron chi connectivity index (χ4n) is 2.17. The first-order chi connectivity index (χ1) is 11.2. The second-order valence-corrected chi connectivity index (χ2v) is 4.92. The quantitative estimate of drug-likeness (QED) is 0.580. The molecule has 0 saturated carbocycles. The van der Waals surface area contributed by atoms with Crippen LogP contribution < -0.4 is 4.74 Å². The lowest BCUT2D eigenvalue weighted by Crippen LogP contribution is -1.97. The molecule has 0 radical (unpaired) electrons. The fourth-order valence-corrected chi connectivity index (χ4v) is 2.17. The van der Waals surface area contributed by atoms with Crippen molar-refractivity contribution < 1.29 is 14.3 Å². The molecule has 0 spiro atoms. The number of carbonyl (C=O) groups is 1. The summed E-state index contributed by atoms with van der Waals surface area (Å²) >= 11 is 0. The number of esters is 1. The second-order valence-electron chi connectivity index (χ2n) is 4.92. The van der Waals surface area contributed by atoms with E-state index in [0.29, 0.717) is 12.4 Å². The van der Waals surface area contributed by atoms with E-state index in [4.69, 9.17) is 4.74 Å². The lowest BCUT2D eigenvalue weighted by molar-refractivity contribution is -0.134. The number of methoxy groups -OCH3 is 1. The molecule has 116 valence electrons. The Kier molecular flexibility index (Phi) is 4.38. The average molecular weight is 308 g/mol. The molecule has 0 fully saturated rings. The van der Waals surface area contributed by atoms with Gasteiger partial charge in [-0.2, -0.15) is 0 Å². The first-order valence-corrected chi connectivity index (χ1v) is 7.17. The third-order valence-electron chi connectivity index (χ3n) is 3.29. The van der Waals surface area contributed by atoms with Gasteiger partial charge in [-0.15, -0.1) is 0 Å². The standard InChI is InChI=1S/C18H16N2O3/c1-22-18(21)10-9-13-5-4-6-14(11-13)23-12-17-19-15-7-2-3-8-16(15)20-17/h2-11H,12H2,1H3,(H,19,20)/b10-9+. The Balaban J connectivity index is 1.68. The molecule has 1 heterocycles. The smallest absolute Gasteiger partial charge is 0.330 e. The van der Waals surface area contributed by atoms with Crippen molar-refractivity contribution >= 4 is 23.1 Å². The Labute approximate surface area is 133 Å². The van der Waals surface area contributed by atoms with Crippen molar-refractivity contribution in [3.05, 3.63) is 66.0 Å². The van der Waals surface area contributed by atoms with Gasteiger partial charge in [0.05, 0.1) is 18.1 Å². The molecule has 0 bridgehead atoms. The van der Waals surface area contributed by atoms with Crippen molar-refractivity contribution in [1.29, 1.82) is 0 Å². The van der Waals surface area contributed by atoms with Crippen LogP contribution in [0.5, 0.6) is 5.75 Å². The number of hydrogen-bond acceptors (Lipinski definition) is 4. The first-order valence-electron chi connectivity index (χ1n) is 7.17. The largest absolute Gasteiger partial charge is 0.486 e. The van der Waals surface area contributed by atoms with E-state index in [0.717, 1.165) is 22.4 Å². The maximum Gasteiger partial charge on any atom is 0.330 e. The van der Waals surface area contributed by atoms with Crippen molar-refractivity contribution in [3.63, 3.8) is 0 Å². The number of nitrogens with one attached hydrogen (secondary N) is 1. The number of imidazole rings is 1. The Hall–Kier alpha value is -3.08. The predicted molar refractivity (Wildman–Crippen MR) is 87.9 cm³/mol. The molecule has 5 nitrogen and oxygen atoms in total. The highest BCUT2D eigenvalue weighted by molar-refractivity contribution is 5.86. The van der Waals surface area contributed by atoms with Gasteiger partial charge in [-0.3, -0.25) is 0 Å². The number of para-hydroxylation sites is 2. The van der Waals surface area contributed by atoms with Gasteiger partial charge in [-0.05, 0) is 35.9 Å². The van der Waals surface area contributed by atoms with Crippen LogP contribution >= 0.6 is 0 Å². The van der Waals surface area contributed by atoms with E-state index >= 15 is 0 Å². The van der Waals surface area contributed by atoms with Crippen molar-refractivity contribution in [3.8, 4) is 5.75 Å². The molecule has 0 amide bonds. The Morgan fingerprint density at radius 2 is 2.09 bits per heavy atom. The fraction of sp³-hybridized carbons (Fsp3) is 0.111. The topological polar surface area (TPSA) is 64.2 Å². The summed E-state index contributed by atoms with van der Waals surface area (Å²) in [5.41, 5.74) is 2.76. The monoisotopic (exact) mass is 308 g/mol. The van der Waals surface area contributed by atoms with E-state index in [2.05, 4.69) is 14.7 Å². The summed E-state index contributed by atoms with van der Waals surface area (Å²) in [5.74, 6) is 1.08. The maximum absolute atomic E-state index is 11.1. The van der Waals surface area contributed by atoms with Gasteiger partial charge in [-0.25, -0.2) is 9.78 Å². The number of ether oxygens (including phenoxy) is 2. The number of nitrogens with zero attached hydrogens (tertiary/aromatic N) is 1. The zero-order valence-electron chi connectivity index (χ0n) is 12.7. The number of hydrogen-bond donors (Lipinski definition) is 1. The molecule has 2 aromatic carbocycles. The van der Waals surface area contributed by atoms with E-state index in [1.165, 1.54) is 13.2 Å². The molecule has 3 rings (SSSR count). The first kappa shape index (κ1) is 14.8. The summed E-state index contributed by atoms with van der Waals surface area (Å²) in [6, 6.07) is 15.3. The molecule has 0 aliphatic carbocycles. The molecule has 0 atom stereocenters. The molecule has 1 N–H and O–H groups in total. The second kappa shape index (κ2) is 6.79. The Morgan fingerprint density at radius 1 is 1.22 bits per heavy atom. The van der Waals surface area contributed by atoms with Crippen LogP contribution in [0, 0.1) is 0 Å². The zero-order valence-corrected chi connectivity index (χ0v) is 12.7. The van der Waals surface area contributed by atoms with Gasteiger partial charge in [0.15, 0.2) is 0 Å². The van der Waals surface area contributed by atoms with Crippen LogP contribution in [-0.4, -0.2) is 23.0 Å². The molecule has 0 aliphatic rings. The van der Waals surface area contributed by atoms with Gasteiger partial charge in [0, 0.05) is 6.08 Å². The zero-order chi connectivity index (χ0) is 16.1. The van der Waals surface area contributed by atoms with E-state index in [9.17, 15) is 4.79 Å². The van der Waals surface area contributed by atoms with E-state index in [1.54, 1.807) is 6.08 Å². The van der Waals surface area contributed by atoms with Crippen molar-refractivity contribution in [2.24, 2.45) is 0 Å². The number of fused-ring (bicyclic) bond motifs is 1. The highest BCUT2D eigenvalue weighted by atomic mass is 16.5. The molecular formula is C18H16N2O3. The van der Waals surface area contributed by atoms with E-state index in [-0.39, 0.29) is 0 Å². The minimum absolute atomic E-state index is 0.346. The van der Waals surface area contributed by atoms with Crippen LogP contribution in [-0.2, 0) is 16.1 Å². The molecule has 5 heteroatoms. The Morgan fingerprint density at radius 3 is 2.91 bits per heavy atom. The van der Waals surface area contributed by atoms with E-state index in [1.807, 2.05) is 48.5 Å². The summed E-state index contributed by atoms with van der Waals surface area (Å²) in [6.07, 6.45) is 3.05. The molecule has 0 aliphatic heterocycles. The number of aromatic nitrogens is 2. The van der Waals surface area contributed by atoms with Gasteiger partial charge in [0.1, 0.15) is 18.2 Å². The number of H-pyrrole nitrogens is 1. The number of carbonyl (C=O) groups excluding carboxylic acids is 1. The molecule has 3 aromatic rings. The van der Waals surface area contributed by atoms with Crippen LogP contribution in [0.2, 0.25) is 0 Å². The number of benzene rings is 2. The van der Waals surface area contributed by atoms with Crippen molar-refractivity contribution in [1.82, 2.24) is 9.97 Å². The molecule has 0 saturated heterocycles. The van der Waals surface area contributed by atoms with Crippen molar-refractivity contribution in [2.45, 2.75) is 6.61 Å². The van der Waals surface area contributed by atoms with Crippen molar-refractivity contribution in [2.75, 3.05) is 7.11 Å². The van der Waals surface area contributed by atoms with Gasteiger partial charge < -0.3 is 14.5 Å². The minimum Gasteiger partial charge on any atom is -0.486 e. The molecular weight excluding hydrogens is 292 g/mol. The van der Waals surface area contributed by atoms with Gasteiger partial charge in [0.25, 0.3) is 0 Å². The highest BCUT2D eigenvalue weighted by Crippen LogP contribution is 2.17. The summed E-state index contributed by atoms with van der Waals surface area (Å²) in [5, 5.41) is 0. The summed E-state index contributed by atoms with van der Waals surface area (Å²) in [7, 11) is 1.35. The van der Waals surface area contributed by atoms with Crippen LogP contribution in [0.4, 0.5) is 0 Å². The maximum atomic E-state index is 11.1. The van der Waals surface area contributed by atoms with Crippen LogP contribution in [0.25, 0.3) is 17.1 Å². The number of rotatable bonds is 5. The third kappa shape index (κ3) is 3.77. The van der Waals surface area contributed by atoms with E-state index < -0.39 is 5.97 Å². The lowest BCUT2D eigenvalue weighted by atomic mass is 10.2. The summed E-state index contributed by atoms with van der Waals surface area (Å²) in [6.45, 7) is 0.346. The molecule has 23 heavy (non-hydrogen) atoms. The number of aromatic amines is 1. The molecule has 1 aromatic heterocycles. The van der Waals surface area contributed by atoms with Crippen LogP contribution in [0.15, 0.2) is 54.6 Å². The van der Waals surface area contributed by atoms with Gasteiger partial charge in [0.2, 0.25) is 0 Å². The van der Waals surface area contributed by atoms with Gasteiger partial charge in [-0.1, -0.05) is 24.3 Å².